The second kappa shape index (κ2) is 7.36. The van der Waals surface area contributed by atoms with Crippen molar-refractivity contribution in [3.8, 4) is 0 Å². The van der Waals surface area contributed by atoms with Gasteiger partial charge in [-0.15, -0.1) is 0 Å². The van der Waals surface area contributed by atoms with Crippen LogP contribution in [0, 0.1) is 0 Å². The third-order valence-corrected chi connectivity index (χ3v) is 4.41. The van der Waals surface area contributed by atoms with Gasteiger partial charge in [0.25, 0.3) is 0 Å². The van der Waals surface area contributed by atoms with Crippen LogP contribution in [0.15, 0.2) is 22.9 Å². The topological polar surface area (TPSA) is 28.2 Å². The first kappa shape index (κ1) is 16.6. The summed E-state index contributed by atoms with van der Waals surface area (Å²) in [7, 11) is 2.04. The largest absolute Gasteiger partial charge is 0.315 e. The van der Waals surface area contributed by atoms with E-state index in [1.54, 1.807) is 0 Å². The standard InChI is InChI=1S/C15H26BrN3/c1-6-19(7-2)15(3,4)14(17-5)9-12-8-13(16)11-18-10-12/h8,10-11,14,17H,6-7,9H2,1-5H3. The maximum atomic E-state index is 4.25. The lowest BCUT2D eigenvalue weighted by molar-refractivity contribution is 0.0943. The molecule has 0 saturated heterocycles. The van der Waals surface area contributed by atoms with Crippen molar-refractivity contribution in [2.75, 3.05) is 20.1 Å². The first-order valence-electron chi connectivity index (χ1n) is 6.97. The zero-order valence-corrected chi connectivity index (χ0v) is 14.3. The number of rotatable bonds is 7. The minimum Gasteiger partial charge on any atom is -0.315 e. The van der Waals surface area contributed by atoms with Gasteiger partial charge in [0.2, 0.25) is 0 Å². The molecule has 0 fully saturated rings. The Labute approximate surface area is 125 Å². The maximum absolute atomic E-state index is 4.25. The summed E-state index contributed by atoms with van der Waals surface area (Å²) in [6, 6.07) is 2.54. The van der Waals surface area contributed by atoms with Crippen LogP contribution >= 0.6 is 15.9 Å². The predicted molar refractivity (Wildman–Crippen MR) is 85.5 cm³/mol. The van der Waals surface area contributed by atoms with Gasteiger partial charge in [0.1, 0.15) is 0 Å². The molecule has 1 unspecified atom stereocenters. The van der Waals surface area contributed by atoms with E-state index in [4.69, 9.17) is 0 Å². The van der Waals surface area contributed by atoms with Gasteiger partial charge >= 0.3 is 0 Å². The molecule has 1 aromatic rings. The van der Waals surface area contributed by atoms with E-state index < -0.39 is 0 Å². The first-order valence-corrected chi connectivity index (χ1v) is 7.76. The Morgan fingerprint density at radius 2 is 1.95 bits per heavy atom. The van der Waals surface area contributed by atoms with Gasteiger partial charge in [-0.3, -0.25) is 9.88 Å². The highest BCUT2D eigenvalue weighted by molar-refractivity contribution is 9.10. The van der Waals surface area contributed by atoms with Crippen LogP contribution < -0.4 is 5.32 Å². The van der Waals surface area contributed by atoms with Crippen LogP contribution in [0.5, 0.6) is 0 Å². The number of pyridine rings is 1. The fourth-order valence-corrected chi connectivity index (χ4v) is 3.18. The van der Waals surface area contributed by atoms with Crippen LogP contribution in [0.25, 0.3) is 0 Å². The monoisotopic (exact) mass is 327 g/mol. The maximum Gasteiger partial charge on any atom is 0.0410 e. The molecule has 0 spiro atoms. The van der Waals surface area contributed by atoms with E-state index >= 15 is 0 Å². The fourth-order valence-electron chi connectivity index (χ4n) is 2.77. The number of nitrogens with zero attached hydrogens (tertiary/aromatic N) is 2. The second-order valence-corrected chi connectivity index (χ2v) is 6.30. The number of aromatic nitrogens is 1. The van der Waals surface area contributed by atoms with E-state index in [0.29, 0.717) is 6.04 Å². The average molecular weight is 328 g/mol. The van der Waals surface area contributed by atoms with Crippen molar-refractivity contribution >= 4 is 15.9 Å². The highest BCUT2D eigenvalue weighted by Gasteiger charge is 2.32. The van der Waals surface area contributed by atoms with Crippen molar-refractivity contribution in [2.24, 2.45) is 0 Å². The van der Waals surface area contributed by atoms with Gasteiger partial charge in [-0.2, -0.15) is 0 Å². The molecule has 0 saturated carbocycles. The SMILES string of the molecule is CCN(CC)C(C)(C)C(Cc1cncc(Br)c1)NC. The summed E-state index contributed by atoms with van der Waals surface area (Å²) in [5, 5.41) is 3.47. The molecule has 0 aliphatic heterocycles. The van der Waals surface area contributed by atoms with Crippen molar-refractivity contribution in [1.29, 1.82) is 0 Å². The first-order chi connectivity index (χ1) is 8.95. The number of hydrogen-bond acceptors (Lipinski definition) is 3. The molecule has 0 aromatic carbocycles. The summed E-state index contributed by atoms with van der Waals surface area (Å²) >= 11 is 3.49. The number of nitrogens with one attached hydrogen (secondary N) is 1. The van der Waals surface area contributed by atoms with Crippen LogP contribution in [0.1, 0.15) is 33.3 Å². The van der Waals surface area contributed by atoms with E-state index in [2.05, 4.69) is 64.9 Å². The van der Waals surface area contributed by atoms with Gasteiger partial charge < -0.3 is 5.32 Å². The molecule has 108 valence electrons. The van der Waals surface area contributed by atoms with E-state index in [9.17, 15) is 0 Å². The molecular formula is C15H26BrN3. The molecule has 4 heteroatoms. The van der Waals surface area contributed by atoms with Gasteiger partial charge in [0.05, 0.1) is 0 Å². The molecule has 0 aliphatic carbocycles. The number of halogens is 1. The van der Waals surface area contributed by atoms with E-state index in [-0.39, 0.29) is 5.54 Å². The minimum absolute atomic E-state index is 0.112. The van der Waals surface area contributed by atoms with Crippen LogP contribution in [-0.2, 0) is 6.42 Å². The summed E-state index contributed by atoms with van der Waals surface area (Å²) in [6.45, 7) is 11.2. The minimum atomic E-state index is 0.112. The van der Waals surface area contributed by atoms with Crippen LogP contribution in [0.3, 0.4) is 0 Å². The number of hydrogen-bond donors (Lipinski definition) is 1. The Kier molecular flexibility index (Phi) is 6.43. The summed E-state index contributed by atoms with van der Waals surface area (Å²) in [5.74, 6) is 0. The van der Waals surface area contributed by atoms with Crippen LogP contribution in [-0.4, -0.2) is 41.6 Å². The van der Waals surface area contributed by atoms with E-state index in [1.807, 2.05) is 19.4 Å². The van der Waals surface area contributed by atoms with Crippen molar-refractivity contribution in [3.63, 3.8) is 0 Å². The van der Waals surface area contributed by atoms with Crippen molar-refractivity contribution in [3.05, 3.63) is 28.5 Å². The molecule has 1 N–H and O–H groups in total. The lowest BCUT2D eigenvalue weighted by Gasteiger charge is -2.43. The molecule has 3 nitrogen and oxygen atoms in total. The Balaban J connectivity index is 2.88. The fraction of sp³-hybridized carbons (Fsp3) is 0.667. The highest BCUT2D eigenvalue weighted by atomic mass is 79.9. The van der Waals surface area contributed by atoms with Gasteiger partial charge in [-0.1, -0.05) is 13.8 Å². The molecule has 19 heavy (non-hydrogen) atoms. The molecular weight excluding hydrogens is 302 g/mol. The zero-order chi connectivity index (χ0) is 14.5. The Morgan fingerprint density at radius 3 is 2.42 bits per heavy atom. The van der Waals surface area contributed by atoms with Crippen LogP contribution in [0.2, 0.25) is 0 Å². The van der Waals surface area contributed by atoms with E-state index in [1.165, 1.54) is 5.56 Å². The van der Waals surface area contributed by atoms with Gasteiger partial charge in [-0.25, -0.2) is 0 Å². The number of likely N-dealkylation sites (N-methyl/N-ethyl adjacent to an activating group) is 2. The molecule has 0 amide bonds. The van der Waals surface area contributed by atoms with Gasteiger partial charge in [0, 0.05) is 28.4 Å². The normalized spacial score (nSPS) is 13.8. The third-order valence-electron chi connectivity index (χ3n) is 3.98. The molecule has 1 heterocycles. The molecule has 0 radical (unpaired) electrons. The lowest BCUT2D eigenvalue weighted by atomic mass is 9.88. The second-order valence-electron chi connectivity index (χ2n) is 5.38. The van der Waals surface area contributed by atoms with Crippen molar-refractivity contribution in [2.45, 2.75) is 45.7 Å². The Hall–Kier alpha value is -0.450. The molecule has 1 rings (SSSR count). The molecule has 0 bridgehead atoms. The zero-order valence-electron chi connectivity index (χ0n) is 12.7. The smallest absolute Gasteiger partial charge is 0.0410 e. The summed E-state index contributed by atoms with van der Waals surface area (Å²) < 4.78 is 1.04. The highest BCUT2D eigenvalue weighted by Crippen LogP contribution is 2.22. The summed E-state index contributed by atoms with van der Waals surface area (Å²) in [6.07, 6.45) is 4.76. The van der Waals surface area contributed by atoms with Crippen molar-refractivity contribution < 1.29 is 0 Å². The van der Waals surface area contributed by atoms with Crippen molar-refractivity contribution in [1.82, 2.24) is 15.2 Å². The Bertz CT molecular complexity index is 389. The third kappa shape index (κ3) is 4.26. The predicted octanol–water partition coefficient (Wildman–Crippen LogP) is 3.10. The Morgan fingerprint density at radius 1 is 1.32 bits per heavy atom. The quantitative estimate of drug-likeness (QED) is 0.834. The average Bonchev–Trinajstić information content (AvgIpc) is 2.37. The molecule has 0 aliphatic rings. The molecule has 1 atom stereocenters. The molecule has 1 aromatic heterocycles. The summed E-state index contributed by atoms with van der Waals surface area (Å²) in [4.78, 5) is 6.75. The van der Waals surface area contributed by atoms with Gasteiger partial charge in [-0.05, 0) is 68.0 Å². The van der Waals surface area contributed by atoms with Gasteiger partial charge in [0.15, 0.2) is 0 Å². The van der Waals surface area contributed by atoms with E-state index in [0.717, 1.165) is 24.0 Å². The van der Waals surface area contributed by atoms with Crippen LogP contribution in [0.4, 0.5) is 0 Å². The lowest BCUT2D eigenvalue weighted by Crippen LogP contribution is -2.57. The summed E-state index contributed by atoms with van der Waals surface area (Å²) in [5.41, 5.74) is 1.37.